The number of rotatable bonds is 8. The normalized spacial score (nSPS) is 16.4. The van der Waals surface area contributed by atoms with Crippen LogP contribution in [0.15, 0.2) is 121 Å². The maximum atomic E-state index is 13.8. The van der Waals surface area contributed by atoms with Crippen molar-refractivity contribution in [1.29, 1.82) is 0 Å². The molecule has 0 spiro atoms. The van der Waals surface area contributed by atoms with Crippen molar-refractivity contribution in [1.82, 2.24) is 4.67 Å². The van der Waals surface area contributed by atoms with Gasteiger partial charge in [0.15, 0.2) is 0 Å². The molecule has 0 amide bonds. The first-order valence-electron chi connectivity index (χ1n) is 12.7. The summed E-state index contributed by atoms with van der Waals surface area (Å²) in [5, 5.41) is 6.40. The molecule has 0 saturated heterocycles. The Hall–Kier alpha value is -2.70. The van der Waals surface area contributed by atoms with Gasteiger partial charge < -0.3 is 0 Å². The van der Waals surface area contributed by atoms with Crippen LogP contribution < -0.4 is 21.2 Å². The Balaban J connectivity index is 1.51. The molecule has 0 aromatic heterocycles. The van der Waals surface area contributed by atoms with Crippen molar-refractivity contribution < 1.29 is 8.78 Å². The molecule has 0 unspecified atom stereocenters. The van der Waals surface area contributed by atoms with Gasteiger partial charge in [-0.3, -0.25) is 4.67 Å². The number of halogens is 2. The van der Waals surface area contributed by atoms with Gasteiger partial charge in [0.05, 0.1) is 0 Å². The lowest BCUT2D eigenvalue weighted by atomic mass is 10.0. The fourth-order valence-corrected chi connectivity index (χ4v) is 10.4. The molecule has 188 valence electrons. The zero-order chi connectivity index (χ0) is 25.8. The van der Waals surface area contributed by atoms with E-state index in [9.17, 15) is 8.78 Å². The molecule has 2 atom stereocenters. The molecule has 1 nitrogen and oxygen atoms in total. The molecule has 0 bridgehead atoms. The predicted octanol–water partition coefficient (Wildman–Crippen LogP) is 7.06. The van der Waals surface area contributed by atoms with E-state index in [-0.39, 0.29) is 17.7 Å². The van der Waals surface area contributed by atoms with E-state index in [1.807, 2.05) is 24.3 Å². The van der Waals surface area contributed by atoms with E-state index in [0.717, 1.165) is 23.5 Å². The second kappa shape index (κ2) is 11.8. The first-order chi connectivity index (χ1) is 18.0. The quantitative estimate of drug-likeness (QED) is 0.221. The summed E-state index contributed by atoms with van der Waals surface area (Å²) in [6.45, 7) is 2.32. The van der Waals surface area contributed by atoms with Gasteiger partial charge in [-0.05, 0) is 85.5 Å². The Labute approximate surface area is 221 Å². The maximum absolute atomic E-state index is 13.8. The van der Waals surface area contributed by atoms with E-state index in [0.29, 0.717) is 5.92 Å². The van der Waals surface area contributed by atoms with Crippen LogP contribution >= 0.6 is 16.0 Å². The van der Waals surface area contributed by atoms with E-state index >= 15 is 0 Å². The molecule has 0 saturated carbocycles. The Bertz CT molecular complexity index is 1240. The minimum Gasteiger partial charge on any atom is -0.275 e. The highest BCUT2D eigenvalue weighted by Crippen LogP contribution is 2.54. The summed E-state index contributed by atoms with van der Waals surface area (Å²) in [6, 6.07) is 35.6. The van der Waals surface area contributed by atoms with Crippen molar-refractivity contribution in [2.45, 2.75) is 25.8 Å². The van der Waals surface area contributed by atoms with Crippen LogP contribution in [0, 0.1) is 17.6 Å². The van der Waals surface area contributed by atoms with Gasteiger partial charge in [-0.25, -0.2) is 8.78 Å². The molecular weight excluding hydrogens is 498 g/mol. The van der Waals surface area contributed by atoms with Gasteiger partial charge in [-0.1, -0.05) is 91.0 Å². The van der Waals surface area contributed by atoms with E-state index in [1.54, 1.807) is 0 Å². The third-order valence-corrected chi connectivity index (χ3v) is 12.4. The molecule has 5 heteroatoms. The fourth-order valence-electron chi connectivity index (χ4n) is 5.18. The number of hydrogen-bond acceptors (Lipinski definition) is 1. The number of nitrogens with zero attached hydrogens (tertiary/aromatic N) is 1. The average molecular weight is 530 g/mol. The number of benzene rings is 4. The zero-order valence-electron chi connectivity index (χ0n) is 21.1. The minimum atomic E-state index is -0.959. The highest BCUT2D eigenvalue weighted by atomic mass is 31.1. The number of hydrogen-bond donors (Lipinski definition) is 0. The third-order valence-electron chi connectivity index (χ3n) is 7.13. The van der Waals surface area contributed by atoms with E-state index in [2.05, 4.69) is 85.4 Å². The monoisotopic (exact) mass is 529 g/mol. The van der Waals surface area contributed by atoms with Crippen LogP contribution in [0.25, 0.3) is 0 Å². The average Bonchev–Trinajstić information content (AvgIpc) is 3.41. The van der Waals surface area contributed by atoms with E-state index in [1.165, 1.54) is 40.2 Å². The Morgan fingerprint density at radius 3 is 1.59 bits per heavy atom. The highest BCUT2D eigenvalue weighted by molar-refractivity contribution is 7.76. The first kappa shape index (κ1) is 25.9. The molecule has 4 aromatic rings. The topological polar surface area (TPSA) is 3.24 Å². The highest BCUT2D eigenvalue weighted by Gasteiger charge is 2.36. The van der Waals surface area contributed by atoms with Gasteiger partial charge in [0.2, 0.25) is 0 Å². The lowest BCUT2D eigenvalue weighted by molar-refractivity contribution is 0.337. The van der Waals surface area contributed by atoms with Crippen molar-refractivity contribution in [3.8, 4) is 0 Å². The summed E-state index contributed by atoms with van der Waals surface area (Å²) in [7, 11) is 0.571. The van der Waals surface area contributed by atoms with Crippen molar-refractivity contribution in [3.05, 3.63) is 132 Å². The van der Waals surface area contributed by atoms with Crippen LogP contribution in [0.3, 0.4) is 0 Å². The minimum absolute atomic E-state index is 0.243. The summed E-state index contributed by atoms with van der Waals surface area (Å²) in [6.07, 6.45) is 4.65. The fraction of sp³-hybridized carbons (Fsp3) is 0.188. The van der Waals surface area contributed by atoms with Crippen molar-refractivity contribution in [3.63, 3.8) is 0 Å². The summed E-state index contributed by atoms with van der Waals surface area (Å²) < 4.78 is 30.1. The summed E-state index contributed by atoms with van der Waals surface area (Å²) in [5.74, 6) is -0.0980. The van der Waals surface area contributed by atoms with Crippen LogP contribution in [0.2, 0.25) is 0 Å². The molecule has 37 heavy (non-hydrogen) atoms. The van der Waals surface area contributed by atoms with Gasteiger partial charge in [-0.2, -0.15) is 0 Å². The lowest BCUT2D eigenvalue weighted by Gasteiger charge is -2.39. The van der Waals surface area contributed by atoms with Gasteiger partial charge in [0, 0.05) is 20.0 Å². The van der Waals surface area contributed by atoms with Gasteiger partial charge in [0.1, 0.15) is 11.6 Å². The third kappa shape index (κ3) is 5.75. The molecule has 0 aliphatic heterocycles. The molecule has 1 aliphatic carbocycles. The molecule has 0 radical (unpaired) electrons. The summed E-state index contributed by atoms with van der Waals surface area (Å²) >= 11 is 0. The van der Waals surface area contributed by atoms with E-state index in [4.69, 9.17) is 0 Å². The Morgan fingerprint density at radius 1 is 0.676 bits per heavy atom. The van der Waals surface area contributed by atoms with Crippen LogP contribution in [-0.2, 0) is 0 Å². The Kier molecular flexibility index (Phi) is 8.26. The molecule has 4 aromatic carbocycles. The van der Waals surface area contributed by atoms with Crippen LogP contribution in [0.1, 0.15) is 19.8 Å². The summed E-state index contributed by atoms with van der Waals surface area (Å²) in [5.41, 5.74) is 0. The predicted molar refractivity (Wildman–Crippen MR) is 156 cm³/mol. The van der Waals surface area contributed by atoms with E-state index < -0.39 is 16.0 Å². The zero-order valence-corrected chi connectivity index (χ0v) is 22.9. The maximum Gasteiger partial charge on any atom is 0.123 e. The van der Waals surface area contributed by atoms with Crippen LogP contribution in [0.5, 0.6) is 0 Å². The molecule has 1 aliphatic rings. The summed E-state index contributed by atoms with van der Waals surface area (Å²) in [4.78, 5) is 0. The van der Waals surface area contributed by atoms with Crippen molar-refractivity contribution in [2.75, 3.05) is 7.05 Å². The van der Waals surface area contributed by atoms with Crippen LogP contribution in [0.4, 0.5) is 8.78 Å². The lowest BCUT2D eigenvalue weighted by Crippen LogP contribution is -2.37. The molecule has 0 heterocycles. The second-order valence-corrected chi connectivity index (χ2v) is 13.9. The van der Waals surface area contributed by atoms with Gasteiger partial charge in [0.25, 0.3) is 0 Å². The largest absolute Gasteiger partial charge is 0.275 e. The van der Waals surface area contributed by atoms with Crippen molar-refractivity contribution in [2.24, 2.45) is 5.92 Å². The first-order valence-corrected chi connectivity index (χ1v) is 15.3. The second-order valence-electron chi connectivity index (χ2n) is 9.40. The SMILES string of the molecule is C[C@@H]([C@@H]1CCC=C1P(c1ccccc1)c1ccccc1)N(C)P(c1ccc(F)cc1)c1ccc(F)cc1. The number of allylic oxidation sites excluding steroid dienone is 1. The molecular formula is C32H31F2NP2. The molecule has 0 fully saturated rings. The van der Waals surface area contributed by atoms with Crippen molar-refractivity contribution >= 4 is 37.2 Å². The van der Waals surface area contributed by atoms with Gasteiger partial charge >= 0.3 is 0 Å². The van der Waals surface area contributed by atoms with Crippen LogP contribution in [-0.4, -0.2) is 17.8 Å². The molecule has 0 N–H and O–H groups in total. The smallest absolute Gasteiger partial charge is 0.123 e. The Morgan fingerprint density at radius 2 is 1.14 bits per heavy atom. The molecule has 5 rings (SSSR count). The standard InChI is InChI=1S/C32H31F2NP2/c1-24(35(2)37(29-20-16-25(33)17-21-29)30-22-18-26(34)19-23-30)31-14-9-15-32(31)36(27-10-5-3-6-11-27)28-12-7-4-8-13-28/h3-8,10-13,15-24,31H,9,14H2,1-2H3/t24-,31-/m0/s1. The van der Waals surface area contributed by atoms with Gasteiger partial charge in [-0.15, -0.1) is 0 Å².